The first-order valence-corrected chi connectivity index (χ1v) is 14.0. The highest BCUT2D eigenvalue weighted by Gasteiger charge is 2.36. The maximum absolute atomic E-state index is 14.7. The third kappa shape index (κ3) is 7.70. The number of rotatable bonds is 9. The van der Waals surface area contributed by atoms with Gasteiger partial charge in [0.25, 0.3) is 0 Å². The zero-order valence-electron chi connectivity index (χ0n) is 21.7. The first kappa shape index (κ1) is 27.9. The van der Waals surface area contributed by atoms with Crippen molar-refractivity contribution in [3.8, 4) is 5.75 Å². The molecule has 0 saturated heterocycles. The number of alkyl halides is 5. The molecule has 204 valence electrons. The molecule has 0 heterocycles. The van der Waals surface area contributed by atoms with E-state index in [1.54, 1.807) is 12.1 Å². The Morgan fingerprint density at radius 3 is 1.57 bits per heavy atom. The molecule has 6 heteroatoms. The standard InChI is InChI=1S/C31H39F5O/c1-2-3-22-4-6-23(7-5-22)8-9-24-10-12-25(13-11-24)26-14-16-28(17-15-26)31(35,36)37-29-20-18-27(19-21-29)30(32,33)34/h14-25H,2-13H2,1H3. The second-order valence-electron chi connectivity index (χ2n) is 11.2. The van der Waals surface area contributed by atoms with Crippen LogP contribution in [0, 0.1) is 17.8 Å². The first-order valence-electron chi connectivity index (χ1n) is 14.0. The molecule has 0 spiro atoms. The van der Waals surface area contributed by atoms with Crippen LogP contribution in [0.2, 0.25) is 0 Å². The summed E-state index contributed by atoms with van der Waals surface area (Å²) in [6.45, 7) is 2.29. The molecule has 2 aromatic rings. The summed E-state index contributed by atoms with van der Waals surface area (Å²) in [5, 5.41) is 0. The Morgan fingerprint density at radius 1 is 0.622 bits per heavy atom. The lowest BCUT2D eigenvalue weighted by molar-refractivity contribution is -0.185. The van der Waals surface area contributed by atoms with Crippen LogP contribution in [-0.4, -0.2) is 0 Å². The number of hydrogen-bond donors (Lipinski definition) is 0. The van der Waals surface area contributed by atoms with Crippen LogP contribution < -0.4 is 4.74 Å². The predicted molar refractivity (Wildman–Crippen MR) is 137 cm³/mol. The molecule has 0 radical (unpaired) electrons. The Bertz CT molecular complexity index is 951. The Balaban J connectivity index is 1.23. The molecule has 0 amide bonds. The van der Waals surface area contributed by atoms with Crippen molar-refractivity contribution in [1.29, 1.82) is 0 Å². The lowest BCUT2D eigenvalue weighted by atomic mass is 9.74. The zero-order valence-corrected chi connectivity index (χ0v) is 21.7. The molecule has 0 unspecified atom stereocenters. The lowest BCUT2D eigenvalue weighted by Gasteiger charge is -2.32. The summed E-state index contributed by atoms with van der Waals surface area (Å²) in [4.78, 5) is 0. The van der Waals surface area contributed by atoms with E-state index in [0.717, 1.165) is 60.4 Å². The van der Waals surface area contributed by atoms with Crippen molar-refractivity contribution >= 4 is 0 Å². The minimum absolute atomic E-state index is 0.307. The van der Waals surface area contributed by atoms with Gasteiger partial charge in [-0.15, -0.1) is 0 Å². The van der Waals surface area contributed by atoms with E-state index < -0.39 is 17.8 Å². The van der Waals surface area contributed by atoms with Gasteiger partial charge in [-0.3, -0.25) is 0 Å². The van der Waals surface area contributed by atoms with E-state index in [-0.39, 0.29) is 11.3 Å². The molecule has 0 N–H and O–H groups in total. The van der Waals surface area contributed by atoms with E-state index in [0.29, 0.717) is 5.92 Å². The van der Waals surface area contributed by atoms with Crippen LogP contribution in [-0.2, 0) is 12.3 Å². The average Bonchev–Trinajstić information content (AvgIpc) is 2.88. The van der Waals surface area contributed by atoms with Crippen LogP contribution in [0.3, 0.4) is 0 Å². The highest BCUT2D eigenvalue weighted by atomic mass is 19.4. The Morgan fingerprint density at radius 2 is 1.08 bits per heavy atom. The normalized spacial score (nSPS) is 25.1. The fourth-order valence-electron chi connectivity index (χ4n) is 6.34. The minimum atomic E-state index is -4.52. The van der Waals surface area contributed by atoms with Gasteiger partial charge in [0, 0.05) is 0 Å². The second kappa shape index (κ2) is 12.2. The molecule has 1 nitrogen and oxygen atoms in total. The molecule has 0 aliphatic heterocycles. The molecule has 37 heavy (non-hydrogen) atoms. The molecule has 0 bridgehead atoms. The van der Waals surface area contributed by atoms with Crippen molar-refractivity contribution < 1.29 is 26.7 Å². The highest BCUT2D eigenvalue weighted by Crippen LogP contribution is 2.41. The van der Waals surface area contributed by atoms with E-state index in [2.05, 4.69) is 6.92 Å². The fraction of sp³-hybridized carbons (Fsp3) is 0.613. The van der Waals surface area contributed by atoms with Gasteiger partial charge >= 0.3 is 12.3 Å². The molecule has 4 rings (SSSR count). The van der Waals surface area contributed by atoms with Gasteiger partial charge in [0.05, 0.1) is 11.1 Å². The molecule has 2 fully saturated rings. The summed E-state index contributed by atoms with van der Waals surface area (Å²) < 4.78 is 72.1. The number of halogens is 5. The topological polar surface area (TPSA) is 9.23 Å². The van der Waals surface area contributed by atoms with Crippen molar-refractivity contribution in [1.82, 2.24) is 0 Å². The largest absolute Gasteiger partial charge is 0.429 e. The smallest absolute Gasteiger partial charge is 0.426 e. The van der Waals surface area contributed by atoms with Crippen LogP contribution >= 0.6 is 0 Å². The molecular weight excluding hydrogens is 483 g/mol. The highest BCUT2D eigenvalue weighted by molar-refractivity contribution is 5.31. The molecule has 2 aliphatic carbocycles. The van der Waals surface area contributed by atoms with E-state index in [9.17, 15) is 22.0 Å². The summed E-state index contributed by atoms with van der Waals surface area (Å²) in [6, 6.07) is 9.56. The summed E-state index contributed by atoms with van der Waals surface area (Å²) >= 11 is 0. The second-order valence-corrected chi connectivity index (χ2v) is 11.2. The number of hydrogen-bond acceptors (Lipinski definition) is 1. The maximum Gasteiger partial charge on any atom is 0.426 e. The molecule has 0 atom stereocenters. The van der Waals surface area contributed by atoms with E-state index in [4.69, 9.17) is 4.74 Å². The molecule has 2 aliphatic rings. The third-order valence-electron chi connectivity index (χ3n) is 8.64. The summed E-state index contributed by atoms with van der Waals surface area (Å²) in [6.07, 6.45) is 7.42. The predicted octanol–water partition coefficient (Wildman–Crippen LogP) is 10.5. The van der Waals surface area contributed by atoms with Crippen molar-refractivity contribution in [2.75, 3.05) is 0 Å². The Kier molecular flexibility index (Phi) is 9.18. The number of ether oxygens (including phenoxy) is 1. The van der Waals surface area contributed by atoms with Gasteiger partial charge in [-0.2, -0.15) is 22.0 Å². The van der Waals surface area contributed by atoms with E-state index >= 15 is 0 Å². The van der Waals surface area contributed by atoms with E-state index in [1.807, 2.05) is 0 Å². The average molecular weight is 523 g/mol. The van der Waals surface area contributed by atoms with Gasteiger partial charge in [0.1, 0.15) is 5.75 Å². The summed E-state index contributed by atoms with van der Waals surface area (Å²) in [7, 11) is 0. The van der Waals surface area contributed by atoms with Crippen LogP contribution in [0.5, 0.6) is 5.75 Å². The van der Waals surface area contributed by atoms with Gasteiger partial charge in [0.2, 0.25) is 0 Å². The molecule has 2 saturated carbocycles. The first-order chi connectivity index (χ1) is 17.6. The SMILES string of the molecule is CCCC1CCC(CCC2CCC(c3ccc(C(F)(F)Oc4ccc(C(F)(F)F)cc4)cc3)CC2)CC1. The monoisotopic (exact) mass is 522 g/mol. The molecular formula is C31H39F5O. The lowest BCUT2D eigenvalue weighted by Crippen LogP contribution is -2.22. The van der Waals surface area contributed by atoms with Crippen molar-refractivity contribution in [2.45, 2.75) is 102 Å². The van der Waals surface area contributed by atoms with Crippen LogP contribution in [0.4, 0.5) is 22.0 Å². The van der Waals surface area contributed by atoms with Crippen molar-refractivity contribution in [3.05, 3.63) is 65.2 Å². The van der Waals surface area contributed by atoms with Crippen LogP contribution in [0.25, 0.3) is 0 Å². The summed E-state index contributed by atoms with van der Waals surface area (Å²) in [5.74, 6) is 2.73. The summed E-state index contributed by atoms with van der Waals surface area (Å²) in [5.41, 5.74) is -0.142. The minimum Gasteiger partial charge on any atom is -0.429 e. The van der Waals surface area contributed by atoms with Crippen LogP contribution in [0.15, 0.2) is 48.5 Å². The Hall–Kier alpha value is -2.11. The van der Waals surface area contributed by atoms with Gasteiger partial charge in [-0.25, -0.2) is 0 Å². The number of benzene rings is 2. The van der Waals surface area contributed by atoms with Gasteiger partial charge in [-0.1, -0.05) is 70.4 Å². The zero-order chi connectivity index (χ0) is 26.5. The van der Waals surface area contributed by atoms with E-state index in [1.165, 1.54) is 76.3 Å². The van der Waals surface area contributed by atoms with Crippen molar-refractivity contribution in [3.63, 3.8) is 0 Å². The third-order valence-corrected chi connectivity index (χ3v) is 8.64. The van der Waals surface area contributed by atoms with Crippen LogP contribution in [0.1, 0.15) is 107 Å². The molecule has 0 aromatic heterocycles. The van der Waals surface area contributed by atoms with Gasteiger partial charge in [-0.05, 0) is 91.3 Å². The fourth-order valence-corrected chi connectivity index (χ4v) is 6.34. The van der Waals surface area contributed by atoms with Crippen molar-refractivity contribution in [2.24, 2.45) is 17.8 Å². The quantitative estimate of drug-likeness (QED) is 0.298. The maximum atomic E-state index is 14.7. The van der Waals surface area contributed by atoms with Gasteiger partial charge in [0.15, 0.2) is 0 Å². The molecule has 2 aromatic carbocycles. The Labute approximate surface area is 217 Å². The van der Waals surface area contributed by atoms with Gasteiger partial charge < -0.3 is 4.74 Å².